The first-order chi connectivity index (χ1) is 9.59. The van der Waals surface area contributed by atoms with Crippen molar-refractivity contribution in [3.8, 4) is 5.75 Å². The molecule has 0 saturated heterocycles. The Bertz CT molecular complexity index is 598. The minimum absolute atomic E-state index is 0.252. The van der Waals surface area contributed by atoms with Crippen molar-refractivity contribution in [1.29, 1.82) is 0 Å². The molecule has 0 amide bonds. The second kappa shape index (κ2) is 5.05. The summed E-state index contributed by atoms with van der Waals surface area (Å²) in [7, 11) is 0. The summed E-state index contributed by atoms with van der Waals surface area (Å²) in [6.45, 7) is 4.75. The monoisotopic (exact) mass is 275 g/mol. The van der Waals surface area contributed by atoms with E-state index < -0.39 is 5.60 Å². The van der Waals surface area contributed by atoms with Gasteiger partial charge in [-0.2, -0.15) is 0 Å². The normalized spacial score (nSPS) is 25.6. The summed E-state index contributed by atoms with van der Waals surface area (Å²) < 4.78 is 7.60. The van der Waals surface area contributed by atoms with Gasteiger partial charge in [-0.05, 0) is 38.3 Å². The van der Waals surface area contributed by atoms with Gasteiger partial charge in [-0.3, -0.25) is 0 Å². The maximum atomic E-state index is 9.84. The van der Waals surface area contributed by atoms with Gasteiger partial charge in [0.2, 0.25) is 0 Å². The van der Waals surface area contributed by atoms with Crippen molar-refractivity contribution in [2.75, 3.05) is 6.61 Å². The number of ether oxygens (including phenoxy) is 1. The van der Waals surface area contributed by atoms with E-state index in [2.05, 4.69) is 17.2 Å². The summed E-state index contributed by atoms with van der Waals surface area (Å²) in [5, 5.41) is 18.3. The van der Waals surface area contributed by atoms with E-state index in [0.29, 0.717) is 0 Å². The molecule has 2 aromatic rings. The van der Waals surface area contributed by atoms with Gasteiger partial charge in [0.05, 0.1) is 23.8 Å². The average molecular weight is 275 g/mol. The summed E-state index contributed by atoms with van der Waals surface area (Å²) >= 11 is 0. The minimum Gasteiger partial charge on any atom is -0.494 e. The van der Waals surface area contributed by atoms with Gasteiger partial charge in [0.25, 0.3) is 0 Å². The molecule has 1 heterocycles. The number of rotatable bonds is 5. The van der Waals surface area contributed by atoms with Gasteiger partial charge in [0.15, 0.2) is 0 Å². The lowest BCUT2D eigenvalue weighted by Crippen LogP contribution is -2.42. The summed E-state index contributed by atoms with van der Waals surface area (Å²) in [6.07, 6.45) is 3.66. The predicted octanol–water partition coefficient (Wildman–Crippen LogP) is 2.70. The Morgan fingerprint density at radius 3 is 2.95 bits per heavy atom. The molecule has 1 aromatic heterocycles. The second-order valence-electron chi connectivity index (χ2n) is 5.95. The van der Waals surface area contributed by atoms with Crippen molar-refractivity contribution in [3.63, 3.8) is 0 Å². The van der Waals surface area contributed by atoms with Crippen molar-refractivity contribution in [2.45, 2.75) is 51.2 Å². The van der Waals surface area contributed by atoms with Crippen LogP contribution in [0.15, 0.2) is 18.2 Å². The molecule has 0 unspecified atom stereocenters. The SMILES string of the molecule is CCCCOc1ccc2c(c1)nnn2C1CC(C)(O)C1. The van der Waals surface area contributed by atoms with Crippen LogP contribution in [0, 0.1) is 0 Å². The smallest absolute Gasteiger partial charge is 0.121 e. The molecule has 1 aliphatic carbocycles. The van der Waals surface area contributed by atoms with Crippen LogP contribution in [0.1, 0.15) is 45.6 Å². The number of aliphatic hydroxyl groups is 1. The molecule has 20 heavy (non-hydrogen) atoms. The van der Waals surface area contributed by atoms with Gasteiger partial charge in [0.1, 0.15) is 11.3 Å². The number of fused-ring (bicyclic) bond motifs is 1. The molecule has 0 radical (unpaired) electrons. The maximum Gasteiger partial charge on any atom is 0.121 e. The highest BCUT2D eigenvalue weighted by molar-refractivity contribution is 5.76. The van der Waals surface area contributed by atoms with Gasteiger partial charge >= 0.3 is 0 Å². The highest BCUT2D eigenvalue weighted by Gasteiger charge is 2.40. The van der Waals surface area contributed by atoms with E-state index >= 15 is 0 Å². The molecule has 3 rings (SSSR count). The van der Waals surface area contributed by atoms with Crippen LogP contribution < -0.4 is 4.74 Å². The van der Waals surface area contributed by atoms with E-state index in [1.807, 2.05) is 29.8 Å². The van der Waals surface area contributed by atoms with Crippen LogP contribution in [0.4, 0.5) is 0 Å². The summed E-state index contributed by atoms with van der Waals surface area (Å²) in [5.74, 6) is 0.846. The zero-order valence-electron chi connectivity index (χ0n) is 12.0. The molecule has 5 nitrogen and oxygen atoms in total. The second-order valence-corrected chi connectivity index (χ2v) is 5.95. The van der Waals surface area contributed by atoms with E-state index in [-0.39, 0.29) is 6.04 Å². The number of benzene rings is 1. The molecule has 1 N–H and O–H groups in total. The molecule has 0 spiro atoms. The van der Waals surface area contributed by atoms with Crippen LogP contribution >= 0.6 is 0 Å². The lowest BCUT2D eigenvalue weighted by molar-refractivity contribution is -0.0534. The van der Waals surface area contributed by atoms with Crippen molar-refractivity contribution >= 4 is 11.0 Å². The third-order valence-electron chi connectivity index (χ3n) is 3.91. The first kappa shape index (κ1) is 13.4. The van der Waals surface area contributed by atoms with Crippen molar-refractivity contribution in [1.82, 2.24) is 15.0 Å². The summed E-state index contributed by atoms with van der Waals surface area (Å²) in [4.78, 5) is 0. The zero-order valence-corrected chi connectivity index (χ0v) is 12.0. The number of aromatic nitrogens is 3. The Morgan fingerprint density at radius 1 is 1.45 bits per heavy atom. The Labute approximate surface area is 118 Å². The van der Waals surface area contributed by atoms with E-state index in [1.165, 1.54) is 0 Å². The van der Waals surface area contributed by atoms with Crippen molar-refractivity contribution < 1.29 is 9.84 Å². The molecule has 0 bridgehead atoms. The minimum atomic E-state index is -0.549. The van der Waals surface area contributed by atoms with Gasteiger partial charge in [-0.15, -0.1) is 5.10 Å². The van der Waals surface area contributed by atoms with E-state index in [1.54, 1.807) is 0 Å². The van der Waals surface area contributed by atoms with Crippen LogP contribution in [-0.4, -0.2) is 32.3 Å². The molecule has 1 aromatic carbocycles. The van der Waals surface area contributed by atoms with Crippen LogP contribution in [0.3, 0.4) is 0 Å². The zero-order chi connectivity index (χ0) is 14.2. The summed E-state index contributed by atoms with van der Waals surface area (Å²) in [6, 6.07) is 6.16. The fourth-order valence-electron chi connectivity index (χ4n) is 2.74. The van der Waals surface area contributed by atoms with Crippen LogP contribution in [0.2, 0.25) is 0 Å². The highest BCUT2D eigenvalue weighted by Crippen LogP contribution is 2.41. The first-order valence-electron chi connectivity index (χ1n) is 7.29. The molecule has 0 atom stereocenters. The Balaban J connectivity index is 1.77. The lowest BCUT2D eigenvalue weighted by atomic mass is 9.77. The molecular formula is C15H21N3O2. The Hall–Kier alpha value is -1.62. The quantitative estimate of drug-likeness (QED) is 0.852. The molecule has 0 aliphatic heterocycles. The van der Waals surface area contributed by atoms with Gasteiger partial charge < -0.3 is 9.84 Å². The molecule has 1 aliphatic rings. The van der Waals surface area contributed by atoms with Crippen LogP contribution in [0.25, 0.3) is 11.0 Å². The van der Waals surface area contributed by atoms with Gasteiger partial charge in [-0.1, -0.05) is 18.6 Å². The molecule has 1 fully saturated rings. The molecule has 5 heteroatoms. The fraction of sp³-hybridized carbons (Fsp3) is 0.600. The standard InChI is InChI=1S/C15H21N3O2/c1-3-4-7-20-12-5-6-14-13(8-12)16-17-18(14)11-9-15(2,19)10-11/h5-6,8,11,19H,3-4,7,9-10H2,1-2H3. The largest absolute Gasteiger partial charge is 0.494 e. The predicted molar refractivity (Wildman–Crippen MR) is 76.8 cm³/mol. The number of unbranched alkanes of at least 4 members (excludes halogenated alkanes) is 1. The van der Waals surface area contributed by atoms with Gasteiger partial charge in [-0.25, -0.2) is 4.68 Å². The van der Waals surface area contributed by atoms with E-state index in [0.717, 1.165) is 49.1 Å². The average Bonchev–Trinajstić information content (AvgIpc) is 2.79. The third-order valence-corrected chi connectivity index (χ3v) is 3.91. The number of hydrogen-bond donors (Lipinski definition) is 1. The van der Waals surface area contributed by atoms with Crippen molar-refractivity contribution in [2.24, 2.45) is 0 Å². The summed E-state index contributed by atoms with van der Waals surface area (Å²) in [5.41, 5.74) is 1.31. The van der Waals surface area contributed by atoms with Gasteiger partial charge in [0, 0.05) is 6.07 Å². The highest BCUT2D eigenvalue weighted by atomic mass is 16.5. The third kappa shape index (κ3) is 2.50. The Kier molecular flexibility index (Phi) is 3.38. The number of nitrogens with zero attached hydrogens (tertiary/aromatic N) is 3. The fourth-order valence-corrected chi connectivity index (χ4v) is 2.74. The van der Waals surface area contributed by atoms with Crippen molar-refractivity contribution in [3.05, 3.63) is 18.2 Å². The molecule has 1 saturated carbocycles. The van der Waals surface area contributed by atoms with E-state index in [9.17, 15) is 5.11 Å². The van der Waals surface area contributed by atoms with Crippen LogP contribution in [-0.2, 0) is 0 Å². The maximum absolute atomic E-state index is 9.84. The molecular weight excluding hydrogens is 254 g/mol. The topological polar surface area (TPSA) is 60.2 Å². The first-order valence-corrected chi connectivity index (χ1v) is 7.29. The lowest BCUT2D eigenvalue weighted by Gasteiger charge is -2.40. The van der Waals surface area contributed by atoms with E-state index in [4.69, 9.17) is 4.74 Å². The molecule has 108 valence electrons. The van der Waals surface area contributed by atoms with Crippen LogP contribution in [0.5, 0.6) is 5.75 Å². The number of hydrogen-bond acceptors (Lipinski definition) is 4. The Morgan fingerprint density at radius 2 is 2.25 bits per heavy atom.